The second-order valence-electron chi connectivity index (χ2n) is 3.76. The van der Waals surface area contributed by atoms with Gasteiger partial charge in [-0.2, -0.15) is 0 Å². The molecule has 0 fully saturated rings. The Labute approximate surface area is 127 Å². The molecule has 1 heterocycles. The first-order valence-corrected chi connectivity index (χ1v) is 7.57. The molecule has 0 saturated carbocycles. The van der Waals surface area contributed by atoms with Gasteiger partial charge in [0.1, 0.15) is 0 Å². The molecule has 1 N–H and O–H groups in total. The number of hydrogen-bond donors (Lipinski definition) is 1. The lowest BCUT2D eigenvalue weighted by Gasteiger charge is -2.01. The van der Waals surface area contributed by atoms with E-state index in [2.05, 4.69) is 45.0 Å². The molecule has 2 aromatic carbocycles. The van der Waals surface area contributed by atoms with Crippen molar-refractivity contribution in [2.24, 2.45) is 0 Å². The van der Waals surface area contributed by atoms with E-state index in [9.17, 15) is 0 Å². The summed E-state index contributed by atoms with van der Waals surface area (Å²) >= 11 is 9.85. The number of aromatic nitrogens is 1. The summed E-state index contributed by atoms with van der Waals surface area (Å²) in [5.74, 6) is 0. The highest BCUT2D eigenvalue weighted by molar-refractivity contribution is 14.1. The molecule has 3 aromatic rings. The van der Waals surface area contributed by atoms with Crippen molar-refractivity contribution in [3.8, 4) is 0 Å². The van der Waals surface area contributed by atoms with Crippen LogP contribution in [-0.2, 0) is 0 Å². The van der Waals surface area contributed by atoms with Gasteiger partial charge < -0.3 is 5.32 Å². The first-order valence-electron chi connectivity index (χ1n) is 5.29. The maximum absolute atomic E-state index is 5.96. The summed E-state index contributed by atoms with van der Waals surface area (Å²) in [5, 5.41) is 4.93. The lowest BCUT2D eigenvalue weighted by molar-refractivity contribution is 1.44. The van der Waals surface area contributed by atoms with Gasteiger partial charge in [0.15, 0.2) is 5.13 Å². The van der Waals surface area contributed by atoms with Crippen molar-refractivity contribution in [1.29, 1.82) is 0 Å². The molecule has 0 atom stereocenters. The molecule has 0 unspecified atom stereocenters. The van der Waals surface area contributed by atoms with E-state index in [0.717, 1.165) is 26.1 Å². The van der Waals surface area contributed by atoms with Crippen LogP contribution < -0.4 is 5.32 Å². The molecular weight excluding hydrogens is 379 g/mol. The van der Waals surface area contributed by atoms with Crippen LogP contribution in [-0.4, -0.2) is 4.98 Å². The number of hydrogen-bond acceptors (Lipinski definition) is 3. The SMILES string of the molecule is Clc1ccc2nc(Nc3ccc(I)cc3)sc2c1. The predicted octanol–water partition coefficient (Wildman–Crippen LogP) is 5.30. The van der Waals surface area contributed by atoms with E-state index in [-0.39, 0.29) is 0 Å². The van der Waals surface area contributed by atoms with Crippen LogP contribution in [0, 0.1) is 3.57 Å². The number of rotatable bonds is 2. The molecule has 5 heteroatoms. The Morgan fingerprint density at radius 1 is 1.11 bits per heavy atom. The minimum atomic E-state index is 0.743. The summed E-state index contributed by atoms with van der Waals surface area (Å²) in [6.45, 7) is 0. The maximum Gasteiger partial charge on any atom is 0.188 e. The third-order valence-electron chi connectivity index (χ3n) is 2.45. The molecule has 0 amide bonds. The Hall–Kier alpha value is -0.850. The normalized spacial score (nSPS) is 10.8. The summed E-state index contributed by atoms with van der Waals surface area (Å²) < 4.78 is 2.31. The summed E-state index contributed by atoms with van der Waals surface area (Å²) in [4.78, 5) is 4.52. The van der Waals surface area contributed by atoms with Crippen LogP contribution in [0.2, 0.25) is 5.02 Å². The number of nitrogens with one attached hydrogen (secondary N) is 1. The number of fused-ring (bicyclic) bond motifs is 1. The molecule has 3 rings (SSSR count). The standard InChI is InChI=1S/C13H8ClIN2S/c14-8-1-6-11-12(7-8)18-13(17-11)16-10-4-2-9(15)3-5-10/h1-7H,(H,16,17). The minimum absolute atomic E-state index is 0.743. The maximum atomic E-state index is 5.96. The topological polar surface area (TPSA) is 24.9 Å². The fraction of sp³-hybridized carbons (Fsp3) is 0. The lowest BCUT2D eigenvalue weighted by Crippen LogP contribution is -1.88. The average molecular weight is 387 g/mol. The highest BCUT2D eigenvalue weighted by Gasteiger charge is 2.04. The quantitative estimate of drug-likeness (QED) is 0.605. The molecule has 0 saturated heterocycles. The van der Waals surface area contributed by atoms with Gasteiger partial charge >= 0.3 is 0 Å². The number of nitrogens with zero attached hydrogens (tertiary/aromatic N) is 1. The van der Waals surface area contributed by atoms with Crippen molar-refractivity contribution in [2.45, 2.75) is 0 Å². The van der Waals surface area contributed by atoms with Crippen LogP contribution in [0.15, 0.2) is 42.5 Å². The van der Waals surface area contributed by atoms with Crippen LogP contribution in [0.4, 0.5) is 10.8 Å². The highest BCUT2D eigenvalue weighted by Crippen LogP contribution is 2.30. The van der Waals surface area contributed by atoms with Crippen LogP contribution in [0.3, 0.4) is 0 Å². The molecule has 1 aromatic heterocycles. The van der Waals surface area contributed by atoms with Gasteiger partial charge in [0.25, 0.3) is 0 Å². The minimum Gasteiger partial charge on any atom is -0.332 e. The summed E-state index contributed by atoms with van der Waals surface area (Å²) in [7, 11) is 0. The van der Waals surface area contributed by atoms with Crippen molar-refractivity contribution in [2.75, 3.05) is 5.32 Å². The van der Waals surface area contributed by atoms with Crippen molar-refractivity contribution in [1.82, 2.24) is 4.98 Å². The van der Waals surface area contributed by atoms with Gasteiger partial charge in [0, 0.05) is 14.3 Å². The molecule has 90 valence electrons. The van der Waals surface area contributed by atoms with Crippen molar-refractivity contribution >= 4 is 66.6 Å². The van der Waals surface area contributed by atoms with Gasteiger partial charge in [-0.3, -0.25) is 0 Å². The zero-order valence-electron chi connectivity index (χ0n) is 9.15. The van der Waals surface area contributed by atoms with E-state index < -0.39 is 0 Å². The average Bonchev–Trinajstić information content (AvgIpc) is 2.73. The van der Waals surface area contributed by atoms with Crippen molar-refractivity contribution < 1.29 is 0 Å². The van der Waals surface area contributed by atoms with E-state index in [4.69, 9.17) is 11.6 Å². The van der Waals surface area contributed by atoms with Crippen LogP contribution >= 0.6 is 45.5 Å². The number of halogens is 2. The predicted molar refractivity (Wildman–Crippen MR) is 87.1 cm³/mol. The largest absolute Gasteiger partial charge is 0.332 e. The number of thiazole rings is 1. The van der Waals surface area contributed by atoms with Gasteiger partial charge in [0.2, 0.25) is 0 Å². The Kier molecular flexibility index (Phi) is 3.41. The molecule has 0 bridgehead atoms. The smallest absolute Gasteiger partial charge is 0.188 e. The molecule has 2 nitrogen and oxygen atoms in total. The van der Waals surface area contributed by atoms with Crippen molar-refractivity contribution in [3.05, 3.63) is 51.1 Å². The molecule has 0 radical (unpaired) electrons. The monoisotopic (exact) mass is 386 g/mol. The van der Waals surface area contributed by atoms with Gasteiger partial charge in [-0.25, -0.2) is 4.98 Å². The van der Waals surface area contributed by atoms with E-state index in [1.54, 1.807) is 11.3 Å². The zero-order valence-corrected chi connectivity index (χ0v) is 12.9. The Balaban J connectivity index is 1.92. The third kappa shape index (κ3) is 2.60. The van der Waals surface area contributed by atoms with E-state index in [1.165, 1.54) is 3.57 Å². The first-order chi connectivity index (χ1) is 8.70. The molecule has 0 aliphatic carbocycles. The Morgan fingerprint density at radius 3 is 2.67 bits per heavy atom. The zero-order chi connectivity index (χ0) is 12.5. The van der Waals surface area contributed by atoms with Gasteiger partial charge in [-0.15, -0.1) is 0 Å². The van der Waals surface area contributed by atoms with Crippen LogP contribution in [0.25, 0.3) is 10.2 Å². The Bertz CT molecular complexity index is 694. The van der Waals surface area contributed by atoms with Crippen LogP contribution in [0.1, 0.15) is 0 Å². The molecular formula is C13H8ClIN2S. The number of anilines is 2. The second-order valence-corrected chi connectivity index (χ2v) is 6.48. The van der Waals surface area contributed by atoms with E-state index >= 15 is 0 Å². The van der Waals surface area contributed by atoms with E-state index in [0.29, 0.717) is 0 Å². The van der Waals surface area contributed by atoms with Gasteiger partial charge in [-0.05, 0) is 65.1 Å². The van der Waals surface area contributed by atoms with Crippen LogP contribution in [0.5, 0.6) is 0 Å². The van der Waals surface area contributed by atoms with Gasteiger partial charge in [-0.1, -0.05) is 22.9 Å². The van der Waals surface area contributed by atoms with Gasteiger partial charge in [0.05, 0.1) is 10.2 Å². The lowest BCUT2D eigenvalue weighted by atomic mass is 10.3. The third-order valence-corrected chi connectivity index (χ3v) is 4.33. The molecule has 0 aliphatic rings. The second kappa shape index (κ2) is 5.03. The first kappa shape index (κ1) is 12.2. The summed E-state index contributed by atoms with van der Waals surface area (Å²) in [6.07, 6.45) is 0. The molecule has 0 spiro atoms. The van der Waals surface area contributed by atoms with E-state index in [1.807, 2.05) is 30.3 Å². The molecule has 18 heavy (non-hydrogen) atoms. The number of benzene rings is 2. The fourth-order valence-corrected chi connectivity index (χ4v) is 3.13. The molecule has 0 aliphatic heterocycles. The summed E-state index contributed by atoms with van der Waals surface area (Å²) in [6, 6.07) is 13.9. The van der Waals surface area contributed by atoms with Crippen molar-refractivity contribution in [3.63, 3.8) is 0 Å². The summed E-state index contributed by atoms with van der Waals surface area (Å²) in [5.41, 5.74) is 2.01. The highest BCUT2D eigenvalue weighted by atomic mass is 127. The Morgan fingerprint density at radius 2 is 1.89 bits per heavy atom. The fourth-order valence-electron chi connectivity index (χ4n) is 1.61.